The number of nitrogens with one attached hydrogen (secondary N) is 1. The van der Waals surface area contributed by atoms with E-state index in [9.17, 15) is 8.78 Å². The summed E-state index contributed by atoms with van der Waals surface area (Å²) in [7, 11) is 0. The van der Waals surface area contributed by atoms with E-state index in [0.29, 0.717) is 33.5 Å². The Morgan fingerprint density at radius 3 is 2.29 bits per heavy atom. The van der Waals surface area contributed by atoms with Gasteiger partial charge in [-0.25, -0.2) is 8.78 Å². The molecule has 0 radical (unpaired) electrons. The van der Waals surface area contributed by atoms with Gasteiger partial charge in [-0.3, -0.25) is 0 Å². The molecule has 0 aliphatic rings. The molecule has 24 heavy (non-hydrogen) atoms. The van der Waals surface area contributed by atoms with Crippen LogP contribution in [-0.2, 0) is 6.42 Å². The molecule has 0 aromatic heterocycles. The van der Waals surface area contributed by atoms with Crippen LogP contribution in [0.25, 0.3) is 0 Å². The number of hydrogen-bond acceptors (Lipinski definition) is 2. The lowest BCUT2D eigenvalue weighted by atomic mass is 10.0. The molecular weight excluding hydrogens is 374 g/mol. The molecule has 0 aliphatic carbocycles. The monoisotopic (exact) mass is 388 g/mol. The molecule has 0 amide bonds. The van der Waals surface area contributed by atoms with E-state index >= 15 is 0 Å². The van der Waals surface area contributed by atoms with Gasteiger partial charge in [0, 0.05) is 17.7 Å². The van der Waals surface area contributed by atoms with Crippen LogP contribution in [0.15, 0.2) is 65.1 Å². The molecule has 122 valence electrons. The Kier molecular flexibility index (Phi) is 4.81. The van der Waals surface area contributed by atoms with Gasteiger partial charge in [-0.2, -0.15) is 0 Å². The van der Waals surface area contributed by atoms with Gasteiger partial charge in [0.15, 0.2) is 0 Å². The van der Waals surface area contributed by atoms with Crippen LogP contribution < -0.4 is 11.1 Å². The van der Waals surface area contributed by atoms with Crippen molar-refractivity contribution in [1.82, 2.24) is 0 Å². The molecule has 3 aromatic rings. The van der Waals surface area contributed by atoms with Gasteiger partial charge in [0.25, 0.3) is 0 Å². The van der Waals surface area contributed by atoms with Crippen LogP contribution in [0.4, 0.5) is 25.8 Å². The first-order chi connectivity index (χ1) is 11.5. The van der Waals surface area contributed by atoms with Crippen molar-refractivity contribution >= 4 is 33.0 Å². The second-order valence-corrected chi connectivity index (χ2v) is 6.20. The number of nitrogen functional groups attached to an aromatic ring is 1. The summed E-state index contributed by atoms with van der Waals surface area (Å²) in [5, 5.41) is 3.14. The maximum absolute atomic E-state index is 14.5. The molecular formula is C19H15BrF2N2. The SMILES string of the molecule is Nc1cc(F)c(Cc2ccccc2)c(Nc2ccc(F)cc2)c1Br. The van der Waals surface area contributed by atoms with Gasteiger partial charge in [-0.15, -0.1) is 0 Å². The average Bonchev–Trinajstić information content (AvgIpc) is 2.58. The molecule has 3 N–H and O–H groups in total. The number of hydrogen-bond donors (Lipinski definition) is 2. The summed E-state index contributed by atoms with van der Waals surface area (Å²) in [5.74, 6) is -0.716. The van der Waals surface area contributed by atoms with Crippen LogP contribution in [-0.4, -0.2) is 0 Å². The van der Waals surface area contributed by atoms with Crippen LogP contribution in [0.3, 0.4) is 0 Å². The molecule has 0 saturated carbocycles. The minimum absolute atomic E-state index is 0.300. The van der Waals surface area contributed by atoms with E-state index in [0.717, 1.165) is 5.56 Å². The predicted octanol–water partition coefficient (Wildman–Crippen LogP) is 5.64. The molecule has 0 unspecified atom stereocenters. The first kappa shape index (κ1) is 16.5. The lowest BCUT2D eigenvalue weighted by Crippen LogP contribution is -2.04. The van der Waals surface area contributed by atoms with E-state index in [1.54, 1.807) is 12.1 Å². The van der Waals surface area contributed by atoms with E-state index < -0.39 is 0 Å². The van der Waals surface area contributed by atoms with E-state index in [-0.39, 0.29) is 11.6 Å². The van der Waals surface area contributed by atoms with Crippen molar-refractivity contribution in [3.63, 3.8) is 0 Å². The first-order valence-electron chi connectivity index (χ1n) is 7.37. The van der Waals surface area contributed by atoms with Crippen molar-refractivity contribution in [2.45, 2.75) is 6.42 Å². The van der Waals surface area contributed by atoms with E-state index in [2.05, 4.69) is 21.2 Å². The lowest BCUT2D eigenvalue weighted by Gasteiger charge is -2.17. The predicted molar refractivity (Wildman–Crippen MR) is 97.4 cm³/mol. The summed E-state index contributed by atoms with van der Waals surface area (Å²) in [4.78, 5) is 0. The lowest BCUT2D eigenvalue weighted by molar-refractivity contribution is 0.615. The highest BCUT2D eigenvalue weighted by atomic mass is 79.9. The van der Waals surface area contributed by atoms with Gasteiger partial charge in [0.2, 0.25) is 0 Å². The smallest absolute Gasteiger partial charge is 0.130 e. The molecule has 0 bridgehead atoms. The number of halogens is 3. The molecule has 0 heterocycles. The van der Waals surface area contributed by atoms with Crippen LogP contribution >= 0.6 is 15.9 Å². The molecule has 3 rings (SSSR count). The zero-order valence-corrected chi connectivity index (χ0v) is 14.3. The van der Waals surface area contributed by atoms with Gasteiger partial charge < -0.3 is 11.1 Å². The molecule has 0 atom stereocenters. The summed E-state index contributed by atoms with van der Waals surface area (Å²) in [5.41, 5.74) is 8.84. The van der Waals surface area contributed by atoms with Crippen molar-refractivity contribution in [2.24, 2.45) is 0 Å². The van der Waals surface area contributed by atoms with Gasteiger partial charge >= 0.3 is 0 Å². The van der Waals surface area contributed by atoms with Crippen molar-refractivity contribution in [1.29, 1.82) is 0 Å². The Labute approximate surface area is 147 Å². The summed E-state index contributed by atoms with van der Waals surface area (Å²) in [6.45, 7) is 0. The standard InChI is InChI=1S/C19H15BrF2N2/c20-18-17(23)11-16(22)15(10-12-4-2-1-3-5-12)19(18)24-14-8-6-13(21)7-9-14/h1-9,11,24H,10,23H2. The van der Waals surface area contributed by atoms with Crippen molar-refractivity contribution in [3.05, 3.63) is 87.9 Å². The van der Waals surface area contributed by atoms with Crippen molar-refractivity contribution in [3.8, 4) is 0 Å². The maximum atomic E-state index is 14.5. The van der Waals surface area contributed by atoms with Gasteiger partial charge in [0.1, 0.15) is 11.6 Å². The Morgan fingerprint density at radius 1 is 0.958 bits per heavy atom. The molecule has 2 nitrogen and oxygen atoms in total. The fourth-order valence-corrected chi connectivity index (χ4v) is 2.92. The number of rotatable bonds is 4. The minimum Gasteiger partial charge on any atom is -0.398 e. The summed E-state index contributed by atoms with van der Waals surface area (Å²) in [6, 6.07) is 16.8. The van der Waals surface area contributed by atoms with E-state index in [1.165, 1.54) is 18.2 Å². The fourth-order valence-electron chi connectivity index (χ4n) is 2.46. The van der Waals surface area contributed by atoms with Crippen LogP contribution in [0, 0.1) is 11.6 Å². The van der Waals surface area contributed by atoms with Crippen LogP contribution in [0.1, 0.15) is 11.1 Å². The number of anilines is 3. The summed E-state index contributed by atoms with van der Waals surface area (Å²) < 4.78 is 28.2. The van der Waals surface area contributed by atoms with Crippen LogP contribution in [0.5, 0.6) is 0 Å². The maximum Gasteiger partial charge on any atom is 0.130 e. The highest BCUT2D eigenvalue weighted by molar-refractivity contribution is 9.10. The molecule has 0 saturated heterocycles. The third kappa shape index (κ3) is 3.57. The van der Waals surface area contributed by atoms with Crippen LogP contribution in [0.2, 0.25) is 0 Å². The zero-order chi connectivity index (χ0) is 17.1. The van der Waals surface area contributed by atoms with Crippen molar-refractivity contribution in [2.75, 3.05) is 11.1 Å². The third-order valence-corrected chi connectivity index (χ3v) is 4.54. The quantitative estimate of drug-likeness (QED) is 0.567. The highest BCUT2D eigenvalue weighted by Gasteiger charge is 2.16. The van der Waals surface area contributed by atoms with E-state index in [4.69, 9.17) is 5.73 Å². The first-order valence-corrected chi connectivity index (χ1v) is 8.17. The topological polar surface area (TPSA) is 38.0 Å². The minimum atomic E-state index is -0.385. The fraction of sp³-hybridized carbons (Fsp3) is 0.0526. The Morgan fingerprint density at radius 2 is 1.62 bits per heavy atom. The summed E-state index contributed by atoms with van der Waals surface area (Å²) in [6.07, 6.45) is 0.412. The largest absolute Gasteiger partial charge is 0.398 e. The normalized spacial score (nSPS) is 10.6. The molecule has 0 fully saturated rings. The molecule has 0 aliphatic heterocycles. The van der Waals surface area contributed by atoms with Gasteiger partial charge in [-0.1, -0.05) is 30.3 Å². The second-order valence-electron chi connectivity index (χ2n) is 5.41. The number of nitrogens with two attached hydrogens (primary N) is 1. The Bertz CT molecular complexity index is 849. The Hall–Kier alpha value is -2.40. The third-order valence-electron chi connectivity index (χ3n) is 3.68. The average molecular weight is 389 g/mol. The molecule has 5 heteroatoms. The second kappa shape index (κ2) is 7.01. The van der Waals surface area contributed by atoms with Crippen molar-refractivity contribution < 1.29 is 8.78 Å². The molecule has 3 aromatic carbocycles. The summed E-state index contributed by atoms with van der Waals surface area (Å²) >= 11 is 3.42. The molecule has 0 spiro atoms. The van der Waals surface area contributed by atoms with E-state index in [1.807, 2.05) is 30.3 Å². The van der Waals surface area contributed by atoms with Gasteiger partial charge in [-0.05, 0) is 51.8 Å². The number of benzene rings is 3. The Balaban J connectivity index is 2.03. The zero-order valence-electron chi connectivity index (χ0n) is 12.7. The highest BCUT2D eigenvalue weighted by Crippen LogP contribution is 2.37. The van der Waals surface area contributed by atoms with Gasteiger partial charge in [0.05, 0.1) is 15.8 Å².